The summed E-state index contributed by atoms with van der Waals surface area (Å²) in [5.41, 5.74) is 0.605. The minimum absolute atomic E-state index is 0.0360. The van der Waals surface area contributed by atoms with Crippen LogP contribution >= 0.6 is 11.6 Å². The smallest absolute Gasteiger partial charge is 0.243 e. The summed E-state index contributed by atoms with van der Waals surface area (Å²) in [7, 11) is -3.78. The van der Waals surface area contributed by atoms with Crippen molar-refractivity contribution >= 4 is 33.2 Å². The van der Waals surface area contributed by atoms with Gasteiger partial charge in [-0.2, -0.15) is 4.31 Å². The Morgan fingerprint density at radius 2 is 1.78 bits per heavy atom. The van der Waals surface area contributed by atoms with Crippen LogP contribution < -0.4 is 5.32 Å². The Hall–Kier alpha value is -1.96. The molecule has 3 rings (SSSR count). The van der Waals surface area contributed by atoms with Crippen molar-refractivity contribution in [3.63, 3.8) is 0 Å². The highest BCUT2D eigenvalue weighted by atomic mass is 35.5. The average molecular weight is 411 g/mol. The highest BCUT2D eigenvalue weighted by molar-refractivity contribution is 7.89. The molecule has 1 saturated heterocycles. The molecule has 1 aliphatic rings. The Labute approximate surface area is 163 Å². The number of sulfonamides is 1. The topological polar surface area (TPSA) is 66.5 Å². The second-order valence-corrected chi connectivity index (χ2v) is 8.81. The lowest BCUT2D eigenvalue weighted by molar-refractivity contribution is -0.117. The Morgan fingerprint density at radius 3 is 2.44 bits per heavy atom. The van der Waals surface area contributed by atoms with Crippen LogP contribution in [0, 0.1) is 5.82 Å². The van der Waals surface area contributed by atoms with Gasteiger partial charge in [-0.05, 0) is 61.4 Å². The minimum Gasteiger partial charge on any atom is -0.326 e. The van der Waals surface area contributed by atoms with Crippen molar-refractivity contribution in [1.29, 1.82) is 0 Å². The number of rotatable bonds is 5. The summed E-state index contributed by atoms with van der Waals surface area (Å²) in [4.78, 5) is 12.4. The molecular formula is C19H20ClFN2O3S. The zero-order chi connectivity index (χ0) is 19.4. The number of benzene rings is 2. The number of anilines is 1. The van der Waals surface area contributed by atoms with E-state index in [1.165, 1.54) is 16.4 Å². The lowest BCUT2D eigenvalue weighted by Crippen LogP contribution is -2.45. The maximum atomic E-state index is 13.1. The van der Waals surface area contributed by atoms with E-state index in [4.69, 9.17) is 11.6 Å². The van der Waals surface area contributed by atoms with Gasteiger partial charge in [0.15, 0.2) is 0 Å². The third kappa shape index (κ3) is 4.86. The van der Waals surface area contributed by atoms with E-state index in [1.54, 1.807) is 24.3 Å². The van der Waals surface area contributed by atoms with Gasteiger partial charge in [-0.1, -0.05) is 18.0 Å². The predicted molar refractivity (Wildman–Crippen MR) is 103 cm³/mol. The molecule has 0 aromatic heterocycles. The Bertz CT molecular complexity index is 902. The summed E-state index contributed by atoms with van der Waals surface area (Å²) >= 11 is 5.83. The van der Waals surface area contributed by atoms with Gasteiger partial charge in [-0.25, -0.2) is 12.8 Å². The van der Waals surface area contributed by atoms with E-state index in [-0.39, 0.29) is 17.2 Å². The number of hydrogen-bond donors (Lipinski definition) is 1. The normalized spacial score (nSPS) is 18.2. The average Bonchev–Trinajstić information content (AvgIpc) is 2.64. The molecule has 1 aliphatic heterocycles. The molecule has 2 aromatic carbocycles. The van der Waals surface area contributed by atoms with Crippen LogP contribution in [0.25, 0.3) is 0 Å². The van der Waals surface area contributed by atoms with Crippen molar-refractivity contribution < 1.29 is 17.6 Å². The molecule has 1 N–H and O–H groups in total. The van der Waals surface area contributed by atoms with Gasteiger partial charge in [0.1, 0.15) is 5.82 Å². The molecule has 1 heterocycles. The van der Waals surface area contributed by atoms with Crippen LogP contribution in [-0.4, -0.2) is 31.2 Å². The molecule has 0 saturated carbocycles. The minimum atomic E-state index is -3.78. The summed E-state index contributed by atoms with van der Waals surface area (Å²) in [6.07, 6.45) is 2.25. The van der Waals surface area contributed by atoms with Crippen molar-refractivity contribution in [3.05, 3.63) is 59.4 Å². The summed E-state index contributed by atoms with van der Waals surface area (Å²) in [5.74, 6) is -0.755. The van der Waals surface area contributed by atoms with Crippen LogP contribution in [0.2, 0.25) is 5.02 Å². The third-order valence-electron chi connectivity index (χ3n) is 4.54. The number of piperidine rings is 1. The van der Waals surface area contributed by atoms with Crippen LogP contribution in [0.1, 0.15) is 25.7 Å². The van der Waals surface area contributed by atoms with Crippen molar-refractivity contribution in [2.75, 3.05) is 11.9 Å². The molecule has 0 aliphatic carbocycles. The standard InChI is InChI=1S/C19H20ClFN2O3S/c20-14-4-8-16(9-5-14)22-19(24)13-17-3-1-2-12-23(17)27(25,26)18-10-6-15(21)7-11-18/h4-11,17H,1-3,12-13H2,(H,22,24). The lowest BCUT2D eigenvalue weighted by Gasteiger charge is -2.34. The van der Waals surface area contributed by atoms with Gasteiger partial charge in [0.25, 0.3) is 0 Å². The summed E-state index contributed by atoms with van der Waals surface area (Å²) in [5, 5.41) is 3.33. The molecular weight excluding hydrogens is 391 g/mol. The van der Waals surface area contributed by atoms with Gasteiger partial charge >= 0.3 is 0 Å². The quantitative estimate of drug-likeness (QED) is 0.808. The zero-order valence-electron chi connectivity index (χ0n) is 14.6. The second-order valence-electron chi connectivity index (χ2n) is 6.48. The van der Waals surface area contributed by atoms with E-state index in [1.807, 2.05) is 0 Å². The van der Waals surface area contributed by atoms with Gasteiger partial charge in [-0.3, -0.25) is 4.79 Å². The summed E-state index contributed by atoms with van der Waals surface area (Å²) < 4.78 is 40.4. The molecule has 1 amide bonds. The summed E-state index contributed by atoms with van der Waals surface area (Å²) in [6.45, 7) is 0.346. The van der Waals surface area contributed by atoms with E-state index in [9.17, 15) is 17.6 Å². The number of nitrogens with zero attached hydrogens (tertiary/aromatic N) is 1. The molecule has 144 valence electrons. The molecule has 1 unspecified atom stereocenters. The first kappa shape index (κ1) is 19.8. The maximum Gasteiger partial charge on any atom is 0.243 e. The molecule has 0 radical (unpaired) electrons. The summed E-state index contributed by atoms with van der Waals surface area (Å²) in [6, 6.07) is 11.0. The third-order valence-corrected chi connectivity index (χ3v) is 6.76. The highest BCUT2D eigenvalue weighted by Gasteiger charge is 2.34. The number of halogens is 2. The first-order valence-corrected chi connectivity index (χ1v) is 10.5. The van der Waals surface area contributed by atoms with Gasteiger partial charge < -0.3 is 5.32 Å². The van der Waals surface area contributed by atoms with Crippen LogP contribution in [0.3, 0.4) is 0 Å². The molecule has 8 heteroatoms. The van der Waals surface area contributed by atoms with E-state index in [2.05, 4.69) is 5.32 Å². The zero-order valence-corrected chi connectivity index (χ0v) is 16.1. The number of nitrogens with one attached hydrogen (secondary N) is 1. The Kier molecular flexibility index (Phi) is 6.14. The van der Waals surface area contributed by atoms with Crippen molar-refractivity contribution in [1.82, 2.24) is 4.31 Å². The largest absolute Gasteiger partial charge is 0.326 e. The van der Waals surface area contributed by atoms with Gasteiger partial charge in [0.05, 0.1) is 4.90 Å². The van der Waals surface area contributed by atoms with Crippen molar-refractivity contribution in [3.8, 4) is 0 Å². The fourth-order valence-electron chi connectivity index (χ4n) is 3.20. The molecule has 5 nitrogen and oxygen atoms in total. The lowest BCUT2D eigenvalue weighted by atomic mass is 10.0. The first-order valence-electron chi connectivity index (χ1n) is 8.69. The monoisotopic (exact) mass is 410 g/mol. The van der Waals surface area contributed by atoms with Gasteiger partial charge in [0.2, 0.25) is 15.9 Å². The number of amides is 1. The van der Waals surface area contributed by atoms with Gasteiger partial charge in [0, 0.05) is 29.7 Å². The van der Waals surface area contributed by atoms with Crippen LogP contribution in [0.15, 0.2) is 53.4 Å². The molecule has 2 aromatic rings. The van der Waals surface area contributed by atoms with Crippen LogP contribution in [0.4, 0.5) is 10.1 Å². The molecule has 0 bridgehead atoms. The van der Waals surface area contributed by atoms with Crippen molar-refractivity contribution in [2.24, 2.45) is 0 Å². The number of hydrogen-bond acceptors (Lipinski definition) is 3. The predicted octanol–water partition coefficient (Wildman–Crippen LogP) is 4.05. The van der Waals surface area contributed by atoms with Gasteiger partial charge in [-0.15, -0.1) is 0 Å². The van der Waals surface area contributed by atoms with E-state index >= 15 is 0 Å². The first-order chi connectivity index (χ1) is 12.9. The Balaban J connectivity index is 1.73. The number of carbonyl (C=O) groups excluding carboxylic acids is 1. The molecule has 27 heavy (non-hydrogen) atoms. The maximum absolute atomic E-state index is 13.1. The van der Waals surface area contributed by atoms with Crippen LogP contribution in [0.5, 0.6) is 0 Å². The molecule has 1 fully saturated rings. The second kappa shape index (κ2) is 8.37. The molecule has 0 spiro atoms. The van der Waals surface area contributed by atoms with E-state index in [0.717, 1.165) is 25.0 Å². The number of carbonyl (C=O) groups is 1. The van der Waals surface area contributed by atoms with E-state index < -0.39 is 21.9 Å². The molecule has 1 atom stereocenters. The SMILES string of the molecule is O=C(CC1CCCCN1S(=O)(=O)c1ccc(F)cc1)Nc1ccc(Cl)cc1. The highest BCUT2D eigenvalue weighted by Crippen LogP contribution is 2.27. The Morgan fingerprint density at radius 1 is 1.11 bits per heavy atom. The fourth-order valence-corrected chi connectivity index (χ4v) is 5.01. The van der Waals surface area contributed by atoms with Crippen LogP contribution in [-0.2, 0) is 14.8 Å². The van der Waals surface area contributed by atoms with E-state index in [0.29, 0.717) is 23.7 Å². The van der Waals surface area contributed by atoms with Crippen molar-refractivity contribution in [2.45, 2.75) is 36.6 Å². The fraction of sp³-hybridized carbons (Fsp3) is 0.316.